The average molecular weight is 323 g/mol. The number of carbonyl (C=O) groups excluding carboxylic acids is 1. The Balaban J connectivity index is 2.02. The maximum Gasteiger partial charge on any atom is 0.238 e. The predicted octanol–water partition coefficient (Wildman–Crippen LogP) is 3.03. The molecule has 0 saturated carbocycles. The number of para-hydroxylation sites is 2. The van der Waals surface area contributed by atoms with Crippen molar-refractivity contribution < 1.29 is 9.53 Å². The average Bonchev–Trinajstić information content (AvgIpc) is 2.62. The lowest BCUT2D eigenvalue weighted by atomic mass is 10.1. The topological polar surface area (TPSA) is 65.4 Å². The van der Waals surface area contributed by atoms with Gasteiger partial charge in [-0.1, -0.05) is 37.3 Å². The van der Waals surface area contributed by atoms with Crippen LogP contribution in [0.25, 0.3) is 0 Å². The molecule has 0 aliphatic heterocycles. The molecule has 124 valence electrons. The van der Waals surface area contributed by atoms with Crippen molar-refractivity contribution in [3.8, 4) is 11.8 Å². The number of likely N-dealkylation sites (N-methyl/N-ethyl adjacent to an activating group) is 1. The second-order valence-electron chi connectivity index (χ2n) is 5.32. The Morgan fingerprint density at radius 2 is 1.92 bits per heavy atom. The molecule has 0 fully saturated rings. The number of hydrogen-bond acceptors (Lipinski definition) is 4. The van der Waals surface area contributed by atoms with Crippen molar-refractivity contribution in [2.75, 3.05) is 25.5 Å². The van der Waals surface area contributed by atoms with Gasteiger partial charge in [0.2, 0.25) is 5.91 Å². The van der Waals surface area contributed by atoms with E-state index >= 15 is 0 Å². The third-order valence-corrected chi connectivity index (χ3v) is 3.73. The van der Waals surface area contributed by atoms with Gasteiger partial charge in [-0.05, 0) is 30.3 Å². The van der Waals surface area contributed by atoms with Crippen molar-refractivity contribution in [1.82, 2.24) is 4.90 Å². The fourth-order valence-electron chi connectivity index (χ4n) is 2.43. The van der Waals surface area contributed by atoms with Crippen molar-refractivity contribution in [1.29, 1.82) is 5.26 Å². The summed E-state index contributed by atoms with van der Waals surface area (Å²) in [6, 6.07) is 16.9. The predicted molar refractivity (Wildman–Crippen MR) is 93.7 cm³/mol. The standard InChI is InChI=1S/C19H21N3O2/c1-3-22(13-16-9-5-4-8-15(16)12-20)14-19(23)21-17-10-6-7-11-18(17)24-2/h4-11H,3,13-14H2,1-2H3,(H,21,23). The zero-order valence-electron chi connectivity index (χ0n) is 14.0. The molecule has 0 atom stereocenters. The summed E-state index contributed by atoms with van der Waals surface area (Å²) in [7, 11) is 1.57. The SMILES string of the molecule is CCN(CC(=O)Nc1ccccc1OC)Cc1ccccc1C#N. The quantitative estimate of drug-likeness (QED) is 0.850. The van der Waals surface area contributed by atoms with Gasteiger partial charge >= 0.3 is 0 Å². The number of amides is 1. The van der Waals surface area contributed by atoms with Gasteiger partial charge in [-0.25, -0.2) is 0 Å². The van der Waals surface area contributed by atoms with Crippen LogP contribution < -0.4 is 10.1 Å². The molecule has 1 N–H and O–H groups in total. The Hall–Kier alpha value is -2.84. The van der Waals surface area contributed by atoms with E-state index in [-0.39, 0.29) is 12.5 Å². The molecule has 2 rings (SSSR count). The first-order chi connectivity index (χ1) is 11.7. The molecule has 0 aliphatic rings. The number of ether oxygens (including phenoxy) is 1. The lowest BCUT2D eigenvalue weighted by molar-refractivity contribution is -0.117. The van der Waals surface area contributed by atoms with Crippen molar-refractivity contribution in [3.05, 3.63) is 59.7 Å². The summed E-state index contributed by atoms with van der Waals surface area (Å²) in [5.41, 5.74) is 2.21. The largest absolute Gasteiger partial charge is 0.495 e. The second kappa shape index (κ2) is 8.70. The summed E-state index contributed by atoms with van der Waals surface area (Å²) in [5, 5.41) is 12.0. The number of benzene rings is 2. The number of hydrogen-bond donors (Lipinski definition) is 1. The number of carbonyl (C=O) groups is 1. The highest BCUT2D eigenvalue weighted by Gasteiger charge is 2.13. The Kier molecular flexibility index (Phi) is 6.35. The minimum absolute atomic E-state index is 0.115. The Morgan fingerprint density at radius 3 is 2.62 bits per heavy atom. The van der Waals surface area contributed by atoms with E-state index in [1.54, 1.807) is 25.3 Å². The zero-order valence-corrected chi connectivity index (χ0v) is 14.0. The van der Waals surface area contributed by atoms with Gasteiger partial charge < -0.3 is 10.1 Å². The highest BCUT2D eigenvalue weighted by Crippen LogP contribution is 2.23. The molecule has 0 aliphatic carbocycles. The van der Waals surface area contributed by atoms with Crippen LogP contribution in [0.4, 0.5) is 5.69 Å². The molecule has 1 amide bonds. The molecule has 2 aromatic rings. The van der Waals surface area contributed by atoms with Crippen molar-refractivity contribution in [2.24, 2.45) is 0 Å². The molecule has 2 aromatic carbocycles. The number of nitrogens with one attached hydrogen (secondary N) is 1. The Morgan fingerprint density at radius 1 is 1.21 bits per heavy atom. The summed E-state index contributed by atoms with van der Waals surface area (Å²) in [4.78, 5) is 14.3. The summed E-state index contributed by atoms with van der Waals surface area (Å²) in [5.74, 6) is 0.513. The molecule has 0 saturated heterocycles. The zero-order chi connectivity index (χ0) is 17.4. The van der Waals surface area contributed by atoms with Crippen LogP contribution >= 0.6 is 0 Å². The van der Waals surface area contributed by atoms with Gasteiger partial charge in [0.15, 0.2) is 0 Å². The normalized spacial score (nSPS) is 10.2. The molecule has 24 heavy (non-hydrogen) atoms. The summed E-state index contributed by atoms with van der Waals surface area (Å²) >= 11 is 0. The number of anilines is 1. The third-order valence-electron chi connectivity index (χ3n) is 3.73. The number of methoxy groups -OCH3 is 1. The van der Waals surface area contributed by atoms with Crippen LogP contribution in [0.15, 0.2) is 48.5 Å². The van der Waals surface area contributed by atoms with Gasteiger partial charge in [-0.2, -0.15) is 5.26 Å². The first-order valence-corrected chi connectivity index (χ1v) is 7.81. The maximum atomic E-state index is 12.3. The minimum Gasteiger partial charge on any atom is -0.495 e. The van der Waals surface area contributed by atoms with Crippen LogP contribution in [0.1, 0.15) is 18.1 Å². The molecule has 5 heteroatoms. The first kappa shape index (κ1) is 17.5. The number of nitrogens with zero attached hydrogens (tertiary/aromatic N) is 2. The lowest BCUT2D eigenvalue weighted by Gasteiger charge is -2.21. The molecule has 0 spiro atoms. The number of nitriles is 1. The second-order valence-corrected chi connectivity index (χ2v) is 5.32. The van der Waals surface area contributed by atoms with Crippen molar-refractivity contribution >= 4 is 11.6 Å². The Bertz CT molecular complexity index is 737. The van der Waals surface area contributed by atoms with Gasteiger partial charge in [0.1, 0.15) is 5.75 Å². The van der Waals surface area contributed by atoms with Crippen LogP contribution in [0.3, 0.4) is 0 Å². The third kappa shape index (κ3) is 4.58. The smallest absolute Gasteiger partial charge is 0.238 e. The van der Waals surface area contributed by atoms with Gasteiger partial charge in [0.05, 0.1) is 31.0 Å². The van der Waals surface area contributed by atoms with Gasteiger partial charge in [-0.15, -0.1) is 0 Å². The van der Waals surface area contributed by atoms with E-state index in [1.165, 1.54) is 0 Å². The molecule has 0 heterocycles. The molecule has 0 unspecified atom stereocenters. The first-order valence-electron chi connectivity index (χ1n) is 7.81. The van der Waals surface area contributed by atoms with Crippen molar-refractivity contribution in [3.63, 3.8) is 0 Å². The molecule has 0 bridgehead atoms. The van der Waals surface area contributed by atoms with Gasteiger partial charge in [-0.3, -0.25) is 9.69 Å². The molecule has 0 aromatic heterocycles. The van der Waals surface area contributed by atoms with Crippen molar-refractivity contribution in [2.45, 2.75) is 13.5 Å². The molecule has 5 nitrogen and oxygen atoms in total. The Labute approximate surface area is 142 Å². The highest BCUT2D eigenvalue weighted by atomic mass is 16.5. The fraction of sp³-hybridized carbons (Fsp3) is 0.263. The molecular weight excluding hydrogens is 302 g/mol. The van der Waals surface area contributed by atoms with E-state index < -0.39 is 0 Å². The maximum absolute atomic E-state index is 12.3. The van der Waals surface area contributed by atoms with E-state index in [0.717, 1.165) is 5.56 Å². The van der Waals surface area contributed by atoms with Crippen LogP contribution in [-0.4, -0.2) is 31.0 Å². The fourth-order valence-corrected chi connectivity index (χ4v) is 2.43. The number of rotatable bonds is 7. The van der Waals surface area contributed by atoms with E-state index in [2.05, 4.69) is 11.4 Å². The van der Waals surface area contributed by atoms with Crippen LogP contribution in [0.5, 0.6) is 5.75 Å². The highest BCUT2D eigenvalue weighted by molar-refractivity contribution is 5.93. The van der Waals surface area contributed by atoms with Crippen LogP contribution in [-0.2, 0) is 11.3 Å². The van der Waals surface area contributed by atoms with E-state index in [1.807, 2.05) is 42.2 Å². The molecule has 0 radical (unpaired) electrons. The summed E-state index contributed by atoms with van der Waals surface area (Å²) < 4.78 is 5.24. The van der Waals surface area contributed by atoms with E-state index in [0.29, 0.717) is 30.1 Å². The lowest BCUT2D eigenvalue weighted by Crippen LogP contribution is -2.33. The van der Waals surface area contributed by atoms with Crippen LogP contribution in [0.2, 0.25) is 0 Å². The van der Waals surface area contributed by atoms with Crippen LogP contribution in [0, 0.1) is 11.3 Å². The minimum atomic E-state index is -0.115. The van der Waals surface area contributed by atoms with Gasteiger partial charge in [0.25, 0.3) is 0 Å². The monoisotopic (exact) mass is 323 g/mol. The molecular formula is C19H21N3O2. The summed E-state index contributed by atoms with van der Waals surface area (Å²) in [6.45, 7) is 3.50. The van der Waals surface area contributed by atoms with E-state index in [4.69, 9.17) is 4.74 Å². The summed E-state index contributed by atoms with van der Waals surface area (Å²) in [6.07, 6.45) is 0. The van der Waals surface area contributed by atoms with E-state index in [9.17, 15) is 10.1 Å². The van der Waals surface area contributed by atoms with Gasteiger partial charge in [0, 0.05) is 6.54 Å².